The molecule has 2 rings (SSSR count). The lowest BCUT2D eigenvalue weighted by atomic mass is 10.1. The highest BCUT2D eigenvalue weighted by atomic mass is 15.2. The summed E-state index contributed by atoms with van der Waals surface area (Å²) < 4.78 is 0. The zero-order chi connectivity index (χ0) is 14.0. The van der Waals surface area contributed by atoms with Gasteiger partial charge in [-0.3, -0.25) is 0 Å². The number of hydrogen-bond acceptors (Lipinski definition) is 4. The second kappa shape index (κ2) is 5.43. The molecular weight excluding hydrogens is 236 g/mol. The number of rotatable bonds is 4. The zero-order valence-corrected chi connectivity index (χ0v) is 12.1. The largest absolute Gasteiger partial charge is 0.381 e. The SMILES string of the molecule is CC(C)CN(c1nc2ccccc2nc1N)C(C)C. The van der Waals surface area contributed by atoms with E-state index in [1.807, 2.05) is 24.3 Å². The van der Waals surface area contributed by atoms with Gasteiger partial charge < -0.3 is 10.6 Å². The van der Waals surface area contributed by atoms with Crippen molar-refractivity contribution < 1.29 is 0 Å². The Morgan fingerprint density at radius 2 is 1.63 bits per heavy atom. The minimum atomic E-state index is 0.347. The summed E-state index contributed by atoms with van der Waals surface area (Å²) in [7, 11) is 0. The highest BCUT2D eigenvalue weighted by Gasteiger charge is 2.17. The van der Waals surface area contributed by atoms with Crippen LogP contribution < -0.4 is 10.6 Å². The van der Waals surface area contributed by atoms with Gasteiger partial charge in [0.15, 0.2) is 11.6 Å². The number of benzene rings is 1. The summed E-state index contributed by atoms with van der Waals surface area (Å²) in [6, 6.07) is 8.17. The second-order valence-electron chi connectivity index (χ2n) is 5.56. The highest BCUT2D eigenvalue weighted by molar-refractivity contribution is 5.79. The summed E-state index contributed by atoms with van der Waals surface area (Å²) in [5.74, 6) is 1.85. The number of nitrogens with two attached hydrogens (primary N) is 1. The van der Waals surface area contributed by atoms with Gasteiger partial charge >= 0.3 is 0 Å². The van der Waals surface area contributed by atoms with Crippen molar-refractivity contribution in [3.63, 3.8) is 0 Å². The number of hydrogen-bond donors (Lipinski definition) is 1. The monoisotopic (exact) mass is 258 g/mol. The van der Waals surface area contributed by atoms with E-state index in [1.165, 1.54) is 0 Å². The molecule has 0 spiro atoms. The maximum absolute atomic E-state index is 6.09. The molecule has 19 heavy (non-hydrogen) atoms. The molecule has 0 saturated carbocycles. The topological polar surface area (TPSA) is 55.0 Å². The third-order valence-electron chi connectivity index (χ3n) is 3.04. The lowest BCUT2D eigenvalue weighted by molar-refractivity contribution is 0.567. The molecule has 0 aliphatic heterocycles. The quantitative estimate of drug-likeness (QED) is 0.915. The first-order chi connectivity index (χ1) is 8.99. The summed E-state index contributed by atoms with van der Waals surface area (Å²) in [6.45, 7) is 9.62. The molecule has 0 saturated heterocycles. The fourth-order valence-corrected chi connectivity index (χ4v) is 2.15. The summed E-state index contributed by atoms with van der Waals surface area (Å²) in [6.07, 6.45) is 0. The average molecular weight is 258 g/mol. The van der Waals surface area contributed by atoms with Gasteiger partial charge in [0.25, 0.3) is 0 Å². The van der Waals surface area contributed by atoms with Crippen molar-refractivity contribution in [1.82, 2.24) is 9.97 Å². The van der Waals surface area contributed by atoms with Gasteiger partial charge in [-0.15, -0.1) is 0 Å². The fourth-order valence-electron chi connectivity index (χ4n) is 2.15. The molecule has 0 atom stereocenters. The van der Waals surface area contributed by atoms with Gasteiger partial charge in [0.05, 0.1) is 11.0 Å². The molecule has 1 heterocycles. The van der Waals surface area contributed by atoms with E-state index >= 15 is 0 Å². The van der Waals surface area contributed by atoms with Crippen molar-refractivity contribution in [2.75, 3.05) is 17.2 Å². The minimum Gasteiger partial charge on any atom is -0.381 e. The predicted octanol–water partition coefficient (Wildman–Crippen LogP) is 3.08. The molecule has 0 radical (unpaired) electrons. The first-order valence-electron chi connectivity index (χ1n) is 6.78. The van der Waals surface area contributed by atoms with Crippen LogP contribution in [0.1, 0.15) is 27.7 Å². The smallest absolute Gasteiger partial charge is 0.172 e. The van der Waals surface area contributed by atoms with Gasteiger partial charge in [0.2, 0.25) is 0 Å². The van der Waals surface area contributed by atoms with Crippen molar-refractivity contribution in [2.45, 2.75) is 33.7 Å². The first kappa shape index (κ1) is 13.6. The third-order valence-corrected chi connectivity index (χ3v) is 3.04. The molecular formula is C15H22N4. The van der Waals surface area contributed by atoms with E-state index in [2.05, 4.69) is 42.6 Å². The number of anilines is 2. The van der Waals surface area contributed by atoms with Crippen molar-refractivity contribution in [3.05, 3.63) is 24.3 Å². The van der Waals surface area contributed by atoms with Crippen LogP contribution in [0.4, 0.5) is 11.6 Å². The molecule has 2 aromatic rings. The lowest BCUT2D eigenvalue weighted by Crippen LogP contribution is -2.35. The third kappa shape index (κ3) is 2.95. The molecule has 0 fully saturated rings. The van der Waals surface area contributed by atoms with E-state index in [1.54, 1.807) is 0 Å². The summed E-state index contributed by atoms with van der Waals surface area (Å²) >= 11 is 0. The van der Waals surface area contributed by atoms with Crippen LogP contribution in [-0.4, -0.2) is 22.6 Å². The van der Waals surface area contributed by atoms with Gasteiger partial charge in [0.1, 0.15) is 0 Å². The normalized spacial score (nSPS) is 11.5. The van der Waals surface area contributed by atoms with Crippen LogP contribution >= 0.6 is 0 Å². The maximum Gasteiger partial charge on any atom is 0.172 e. The molecule has 2 N–H and O–H groups in total. The predicted molar refractivity (Wildman–Crippen MR) is 81.3 cm³/mol. The number of nitrogen functional groups attached to an aromatic ring is 1. The highest BCUT2D eigenvalue weighted by Crippen LogP contribution is 2.24. The van der Waals surface area contributed by atoms with E-state index in [0.29, 0.717) is 17.8 Å². The Labute approximate surface area is 114 Å². The van der Waals surface area contributed by atoms with Gasteiger partial charge in [-0.25, -0.2) is 9.97 Å². The molecule has 1 aromatic heterocycles. The molecule has 0 aliphatic rings. The zero-order valence-electron chi connectivity index (χ0n) is 12.1. The van der Waals surface area contributed by atoms with E-state index in [0.717, 1.165) is 23.4 Å². The molecule has 4 heteroatoms. The van der Waals surface area contributed by atoms with Gasteiger partial charge in [0, 0.05) is 12.6 Å². The van der Waals surface area contributed by atoms with Crippen molar-refractivity contribution in [2.24, 2.45) is 5.92 Å². The molecule has 0 amide bonds. The molecule has 4 nitrogen and oxygen atoms in total. The number of nitrogens with zero attached hydrogens (tertiary/aromatic N) is 3. The fraction of sp³-hybridized carbons (Fsp3) is 0.467. The molecule has 102 valence electrons. The average Bonchev–Trinajstić information content (AvgIpc) is 2.35. The Kier molecular flexibility index (Phi) is 3.88. The van der Waals surface area contributed by atoms with E-state index < -0.39 is 0 Å². The van der Waals surface area contributed by atoms with Gasteiger partial charge in [-0.2, -0.15) is 0 Å². The van der Waals surface area contributed by atoms with Gasteiger partial charge in [-0.1, -0.05) is 26.0 Å². The van der Waals surface area contributed by atoms with Crippen LogP contribution in [0.2, 0.25) is 0 Å². The van der Waals surface area contributed by atoms with Crippen LogP contribution in [0.15, 0.2) is 24.3 Å². The van der Waals surface area contributed by atoms with Crippen LogP contribution in [0.25, 0.3) is 11.0 Å². The van der Waals surface area contributed by atoms with E-state index in [-0.39, 0.29) is 0 Å². The van der Waals surface area contributed by atoms with Crippen molar-refractivity contribution in [3.8, 4) is 0 Å². The summed E-state index contributed by atoms with van der Waals surface area (Å²) in [5.41, 5.74) is 7.82. The molecule has 0 bridgehead atoms. The Hall–Kier alpha value is -1.84. The lowest BCUT2D eigenvalue weighted by Gasteiger charge is -2.30. The van der Waals surface area contributed by atoms with Crippen molar-refractivity contribution >= 4 is 22.7 Å². The minimum absolute atomic E-state index is 0.347. The van der Waals surface area contributed by atoms with E-state index in [9.17, 15) is 0 Å². The standard InChI is InChI=1S/C15H22N4/c1-10(2)9-19(11(3)4)15-14(16)17-12-7-5-6-8-13(12)18-15/h5-8,10-11H,9H2,1-4H3,(H2,16,17). The van der Waals surface area contributed by atoms with Crippen LogP contribution in [0.3, 0.4) is 0 Å². The Balaban J connectivity index is 2.49. The first-order valence-corrected chi connectivity index (χ1v) is 6.78. The maximum atomic E-state index is 6.09. The molecule has 0 aliphatic carbocycles. The Morgan fingerprint density at radius 1 is 1.05 bits per heavy atom. The Morgan fingerprint density at radius 3 is 2.16 bits per heavy atom. The van der Waals surface area contributed by atoms with Crippen LogP contribution in [0, 0.1) is 5.92 Å². The molecule has 1 aromatic carbocycles. The van der Waals surface area contributed by atoms with Crippen LogP contribution in [-0.2, 0) is 0 Å². The van der Waals surface area contributed by atoms with Crippen LogP contribution in [0.5, 0.6) is 0 Å². The molecule has 0 unspecified atom stereocenters. The number of para-hydroxylation sites is 2. The summed E-state index contributed by atoms with van der Waals surface area (Å²) in [5, 5.41) is 0. The van der Waals surface area contributed by atoms with Gasteiger partial charge in [-0.05, 0) is 31.9 Å². The van der Waals surface area contributed by atoms with E-state index in [4.69, 9.17) is 5.73 Å². The summed E-state index contributed by atoms with van der Waals surface area (Å²) in [4.78, 5) is 11.4. The second-order valence-corrected chi connectivity index (χ2v) is 5.56. The Bertz CT molecular complexity index is 563. The number of aromatic nitrogens is 2. The number of fused-ring (bicyclic) bond motifs is 1. The van der Waals surface area contributed by atoms with Crippen molar-refractivity contribution in [1.29, 1.82) is 0 Å².